The Hall–Kier alpha value is -1.78. The summed E-state index contributed by atoms with van der Waals surface area (Å²) in [5.74, 6) is 1.51. The Morgan fingerprint density at radius 2 is 1.73 bits per heavy atom. The highest BCUT2D eigenvalue weighted by Crippen LogP contribution is 2.29. The van der Waals surface area contributed by atoms with Gasteiger partial charge in [-0.3, -0.25) is 9.59 Å². The van der Waals surface area contributed by atoms with E-state index in [9.17, 15) is 9.59 Å². The number of hydrogen-bond acceptors (Lipinski definition) is 3. The Balaban J connectivity index is 1.69. The summed E-state index contributed by atoms with van der Waals surface area (Å²) in [6, 6.07) is 3.65. The predicted molar refractivity (Wildman–Crippen MR) is 83.9 cm³/mol. The zero-order valence-electron chi connectivity index (χ0n) is 13.4. The van der Waals surface area contributed by atoms with E-state index >= 15 is 0 Å². The van der Waals surface area contributed by atoms with Gasteiger partial charge in [-0.05, 0) is 43.7 Å². The molecule has 0 bridgehead atoms. The third-order valence-electron chi connectivity index (χ3n) is 4.17. The molecular weight excluding hydrogens is 280 g/mol. The predicted octanol–water partition coefficient (Wildman–Crippen LogP) is 2.47. The first-order valence-corrected chi connectivity index (χ1v) is 8.14. The zero-order chi connectivity index (χ0) is 15.9. The molecule has 1 fully saturated rings. The van der Waals surface area contributed by atoms with Crippen LogP contribution in [0.5, 0.6) is 0 Å². The Morgan fingerprint density at radius 3 is 2.23 bits per heavy atom. The van der Waals surface area contributed by atoms with Crippen LogP contribution in [0.1, 0.15) is 45.3 Å². The summed E-state index contributed by atoms with van der Waals surface area (Å²) in [4.78, 5) is 24.2. The molecule has 2 rings (SSSR count). The lowest BCUT2D eigenvalue weighted by atomic mass is 9.81. The van der Waals surface area contributed by atoms with E-state index in [4.69, 9.17) is 4.42 Å². The Labute approximate surface area is 131 Å². The Bertz CT molecular complexity index is 474. The van der Waals surface area contributed by atoms with Crippen LogP contribution in [0.4, 0.5) is 0 Å². The molecule has 122 valence electrons. The van der Waals surface area contributed by atoms with Crippen molar-refractivity contribution in [2.75, 3.05) is 6.54 Å². The van der Waals surface area contributed by atoms with Gasteiger partial charge >= 0.3 is 0 Å². The van der Waals surface area contributed by atoms with Gasteiger partial charge in [-0.25, -0.2) is 0 Å². The van der Waals surface area contributed by atoms with Crippen molar-refractivity contribution in [1.29, 1.82) is 0 Å². The van der Waals surface area contributed by atoms with Crippen LogP contribution in [0.2, 0.25) is 0 Å². The van der Waals surface area contributed by atoms with Crippen LogP contribution in [0.15, 0.2) is 22.8 Å². The van der Waals surface area contributed by atoms with E-state index in [1.807, 2.05) is 12.1 Å². The van der Waals surface area contributed by atoms with Crippen molar-refractivity contribution in [2.45, 2.75) is 46.1 Å². The molecule has 2 N–H and O–H groups in total. The van der Waals surface area contributed by atoms with E-state index < -0.39 is 0 Å². The van der Waals surface area contributed by atoms with E-state index in [1.165, 1.54) is 0 Å². The highest BCUT2D eigenvalue weighted by molar-refractivity contribution is 5.81. The number of furan rings is 1. The fourth-order valence-corrected chi connectivity index (χ4v) is 2.80. The maximum absolute atomic E-state index is 12.1. The van der Waals surface area contributed by atoms with Crippen molar-refractivity contribution in [1.82, 2.24) is 10.6 Å². The summed E-state index contributed by atoms with van der Waals surface area (Å²) in [5.41, 5.74) is 0. The van der Waals surface area contributed by atoms with E-state index in [2.05, 4.69) is 24.5 Å². The molecule has 0 atom stereocenters. The van der Waals surface area contributed by atoms with Crippen molar-refractivity contribution in [3.63, 3.8) is 0 Å². The topological polar surface area (TPSA) is 71.3 Å². The van der Waals surface area contributed by atoms with Gasteiger partial charge in [-0.15, -0.1) is 0 Å². The lowest BCUT2D eigenvalue weighted by Crippen LogP contribution is -2.38. The van der Waals surface area contributed by atoms with Gasteiger partial charge in [0.15, 0.2) is 0 Å². The zero-order valence-corrected chi connectivity index (χ0v) is 13.4. The van der Waals surface area contributed by atoms with Gasteiger partial charge in [0.25, 0.3) is 0 Å². The van der Waals surface area contributed by atoms with Gasteiger partial charge in [-0.1, -0.05) is 13.8 Å². The van der Waals surface area contributed by atoms with Crippen LogP contribution in [-0.2, 0) is 16.1 Å². The van der Waals surface area contributed by atoms with E-state index in [0.717, 1.165) is 38.0 Å². The van der Waals surface area contributed by atoms with Crippen molar-refractivity contribution in [3.05, 3.63) is 24.2 Å². The molecule has 1 aromatic heterocycles. The SMILES string of the molecule is CC(C)CNC(=O)C1CCC(C(=O)NCc2ccco2)CC1. The molecule has 2 amide bonds. The summed E-state index contributed by atoms with van der Waals surface area (Å²) in [5, 5.41) is 5.89. The second-order valence-electron chi connectivity index (χ2n) is 6.48. The first kappa shape index (κ1) is 16.6. The molecule has 1 aliphatic rings. The molecule has 0 unspecified atom stereocenters. The third kappa shape index (κ3) is 4.90. The number of hydrogen-bond donors (Lipinski definition) is 2. The third-order valence-corrected chi connectivity index (χ3v) is 4.17. The summed E-state index contributed by atoms with van der Waals surface area (Å²) < 4.78 is 5.20. The molecule has 0 aliphatic heterocycles. The molecule has 5 heteroatoms. The molecule has 1 heterocycles. The van der Waals surface area contributed by atoms with Gasteiger partial charge in [0.2, 0.25) is 11.8 Å². The summed E-state index contributed by atoms with van der Waals surface area (Å²) in [7, 11) is 0. The highest BCUT2D eigenvalue weighted by Gasteiger charge is 2.29. The number of nitrogens with one attached hydrogen (secondary N) is 2. The molecular formula is C17H26N2O3. The van der Waals surface area contributed by atoms with Gasteiger partial charge in [0.1, 0.15) is 5.76 Å². The van der Waals surface area contributed by atoms with Crippen molar-refractivity contribution in [2.24, 2.45) is 17.8 Å². The maximum atomic E-state index is 12.1. The minimum Gasteiger partial charge on any atom is -0.467 e. The smallest absolute Gasteiger partial charge is 0.223 e. The molecule has 0 aromatic carbocycles. The first-order chi connectivity index (χ1) is 10.6. The average molecular weight is 306 g/mol. The van der Waals surface area contributed by atoms with Crippen molar-refractivity contribution < 1.29 is 14.0 Å². The van der Waals surface area contributed by atoms with Gasteiger partial charge in [0, 0.05) is 18.4 Å². The number of carbonyl (C=O) groups excluding carboxylic acids is 2. The molecule has 1 aromatic rings. The molecule has 0 saturated heterocycles. The summed E-state index contributed by atoms with van der Waals surface area (Å²) in [6.45, 7) is 5.32. The van der Waals surface area contributed by atoms with Crippen LogP contribution in [0, 0.1) is 17.8 Å². The fourth-order valence-electron chi connectivity index (χ4n) is 2.80. The first-order valence-electron chi connectivity index (χ1n) is 8.14. The van der Waals surface area contributed by atoms with Crippen LogP contribution < -0.4 is 10.6 Å². The van der Waals surface area contributed by atoms with Crippen molar-refractivity contribution in [3.8, 4) is 0 Å². The molecule has 22 heavy (non-hydrogen) atoms. The Morgan fingerprint density at radius 1 is 1.14 bits per heavy atom. The number of carbonyl (C=O) groups is 2. The van der Waals surface area contributed by atoms with Gasteiger partial charge in [0.05, 0.1) is 12.8 Å². The minimum absolute atomic E-state index is 0.0177. The molecule has 0 radical (unpaired) electrons. The monoisotopic (exact) mass is 306 g/mol. The lowest BCUT2D eigenvalue weighted by molar-refractivity contribution is -0.130. The fraction of sp³-hybridized carbons (Fsp3) is 0.647. The van der Waals surface area contributed by atoms with Crippen LogP contribution in [-0.4, -0.2) is 18.4 Å². The van der Waals surface area contributed by atoms with E-state index in [0.29, 0.717) is 12.5 Å². The van der Waals surface area contributed by atoms with Gasteiger partial charge in [-0.2, -0.15) is 0 Å². The summed E-state index contributed by atoms with van der Waals surface area (Å²) >= 11 is 0. The summed E-state index contributed by atoms with van der Waals surface area (Å²) in [6.07, 6.45) is 4.75. The molecule has 1 saturated carbocycles. The average Bonchev–Trinajstić information content (AvgIpc) is 3.03. The molecule has 1 aliphatic carbocycles. The minimum atomic E-state index is 0.0177. The number of rotatable bonds is 6. The van der Waals surface area contributed by atoms with Crippen LogP contribution >= 0.6 is 0 Å². The second-order valence-corrected chi connectivity index (χ2v) is 6.48. The number of amides is 2. The normalized spacial score (nSPS) is 21.6. The largest absolute Gasteiger partial charge is 0.467 e. The van der Waals surface area contributed by atoms with E-state index in [1.54, 1.807) is 6.26 Å². The maximum Gasteiger partial charge on any atom is 0.223 e. The van der Waals surface area contributed by atoms with Crippen LogP contribution in [0.3, 0.4) is 0 Å². The second kappa shape index (κ2) is 8.01. The standard InChI is InChI=1S/C17H26N2O3/c1-12(2)10-18-16(20)13-5-7-14(8-6-13)17(21)19-11-15-4-3-9-22-15/h3-4,9,12-14H,5-8,10-11H2,1-2H3,(H,18,20)(H,19,21). The quantitative estimate of drug-likeness (QED) is 0.848. The van der Waals surface area contributed by atoms with E-state index in [-0.39, 0.29) is 23.7 Å². The van der Waals surface area contributed by atoms with Crippen LogP contribution in [0.25, 0.3) is 0 Å². The molecule has 5 nitrogen and oxygen atoms in total. The van der Waals surface area contributed by atoms with Gasteiger partial charge < -0.3 is 15.1 Å². The highest BCUT2D eigenvalue weighted by atomic mass is 16.3. The molecule has 0 spiro atoms. The lowest BCUT2D eigenvalue weighted by Gasteiger charge is -2.27. The Kier molecular flexibility index (Phi) is 6.04. The van der Waals surface area contributed by atoms with Crippen molar-refractivity contribution >= 4 is 11.8 Å².